The van der Waals surface area contributed by atoms with E-state index in [0.29, 0.717) is 39.5 Å². The average molecular weight is 574 g/mol. The number of Topliss-reactive ketones (excluding diaryl/α,β-unsaturated/α-hetero) is 1. The van der Waals surface area contributed by atoms with Gasteiger partial charge in [-0.3, -0.25) is 9.59 Å². The van der Waals surface area contributed by atoms with Crippen LogP contribution in [0.15, 0.2) is 106 Å². The Labute approximate surface area is 228 Å². The van der Waals surface area contributed by atoms with E-state index >= 15 is 0 Å². The zero-order valence-corrected chi connectivity index (χ0v) is 22.1. The second kappa shape index (κ2) is 11.0. The number of rotatable bonds is 8. The third-order valence-corrected chi connectivity index (χ3v) is 6.91. The lowest BCUT2D eigenvalue weighted by Gasteiger charge is -2.25. The fourth-order valence-electron chi connectivity index (χ4n) is 4.44. The molecule has 0 saturated carbocycles. The summed E-state index contributed by atoms with van der Waals surface area (Å²) < 4.78 is 17.3. The Morgan fingerprint density at radius 2 is 1.82 bits per heavy atom. The second-order valence-corrected chi connectivity index (χ2v) is 9.56. The number of hydrogen-bond donors (Lipinski definition) is 1. The van der Waals surface area contributed by atoms with Crippen molar-refractivity contribution in [1.29, 1.82) is 0 Å². The van der Waals surface area contributed by atoms with Crippen LogP contribution in [0.1, 0.15) is 28.5 Å². The molecule has 38 heavy (non-hydrogen) atoms. The van der Waals surface area contributed by atoms with Crippen LogP contribution in [0.5, 0.6) is 11.5 Å². The summed E-state index contributed by atoms with van der Waals surface area (Å²) in [5.41, 5.74) is 1.98. The molecule has 0 aliphatic carbocycles. The number of likely N-dealkylation sites (tertiary alicyclic amines) is 1. The van der Waals surface area contributed by atoms with E-state index < -0.39 is 17.7 Å². The second-order valence-electron chi connectivity index (χ2n) is 8.70. The lowest BCUT2D eigenvalue weighted by Crippen LogP contribution is -2.29. The van der Waals surface area contributed by atoms with E-state index in [1.807, 2.05) is 36.4 Å². The summed E-state index contributed by atoms with van der Waals surface area (Å²) >= 11 is 3.42. The van der Waals surface area contributed by atoms with Crippen molar-refractivity contribution in [2.45, 2.75) is 19.2 Å². The SMILES string of the molecule is COc1ccc(/C(O)=C2\C(=O)C(=O)N(Cc3ccco3)C2c2cccc(OCc3ccccc3)c2)cc1Br. The first kappa shape index (κ1) is 25.4. The first-order valence-electron chi connectivity index (χ1n) is 11.9. The molecule has 0 bridgehead atoms. The molecule has 7 nitrogen and oxygen atoms in total. The summed E-state index contributed by atoms with van der Waals surface area (Å²) in [7, 11) is 1.53. The van der Waals surface area contributed by atoms with Gasteiger partial charge in [0, 0.05) is 5.56 Å². The average Bonchev–Trinajstić information content (AvgIpc) is 3.54. The van der Waals surface area contributed by atoms with Crippen molar-refractivity contribution in [3.05, 3.63) is 124 Å². The number of amides is 1. The Kier molecular flexibility index (Phi) is 7.33. The van der Waals surface area contributed by atoms with Crippen LogP contribution in [0.2, 0.25) is 0 Å². The van der Waals surface area contributed by atoms with Crippen molar-refractivity contribution in [1.82, 2.24) is 4.90 Å². The van der Waals surface area contributed by atoms with Crippen LogP contribution >= 0.6 is 15.9 Å². The molecular formula is C30H24BrNO6. The molecule has 1 aliphatic rings. The lowest BCUT2D eigenvalue weighted by molar-refractivity contribution is -0.140. The summed E-state index contributed by atoms with van der Waals surface area (Å²) in [6.45, 7) is 0.414. The summed E-state index contributed by atoms with van der Waals surface area (Å²) in [5, 5.41) is 11.4. The van der Waals surface area contributed by atoms with Crippen LogP contribution in [0.25, 0.3) is 5.76 Å². The van der Waals surface area contributed by atoms with E-state index in [1.165, 1.54) is 18.3 Å². The number of ether oxygens (including phenoxy) is 2. The van der Waals surface area contributed by atoms with Gasteiger partial charge in [0.25, 0.3) is 11.7 Å². The van der Waals surface area contributed by atoms with Crippen LogP contribution in [-0.4, -0.2) is 28.8 Å². The van der Waals surface area contributed by atoms with Gasteiger partial charge in [-0.2, -0.15) is 0 Å². The van der Waals surface area contributed by atoms with Crippen molar-refractivity contribution < 1.29 is 28.6 Å². The molecule has 5 rings (SSSR count). The van der Waals surface area contributed by atoms with E-state index in [2.05, 4.69) is 15.9 Å². The minimum absolute atomic E-state index is 0.0150. The molecule has 1 atom stereocenters. The molecule has 4 aromatic rings. The van der Waals surface area contributed by atoms with Gasteiger partial charge in [-0.1, -0.05) is 42.5 Å². The zero-order valence-electron chi connectivity index (χ0n) is 20.5. The van der Waals surface area contributed by atoms with Crippen molar-refractivity contribution >= 4 is 33.4 Å². The maximum atomic E-state index is 13.3. The molecule has 192 valence electrons. The van der Waals surface area contributed by atoms with Crippen molar-refractivity contribution in [2.75, 3.05) is 7.11 Å². The van der Waals surface area contributed by atoms with Gasteiger partial charge in [0.05, 0.1) is 36.0 Å². The summed E-state index contributed by atoms with van der Waals surface area (Å²) in [6, 6.07) is 24.5. The van der Waals surface area contributed by atoms with Gasteiger partial charge >= 0.3 is 0 Å². The minimum Gasteiger partial charge on any atom is -0.507 e. The standard InChI is InChI=1S/C30H24BrNO6/c1-36-25-13-12-21(16-24(25)31)28(33)26-27(32(30(35)29(26)34)17-23-11-6-14-37-23)20-9-5-10-22(15-20)38-18-19-7-3-2-4-8-19/h2-16,27,33H,17-18H2,1H3/b28-26+. The molecule has 1 fully saturated rings. The number of carbonyl (C=O) groups is 2. The van der Waals surface area contributed by atoms with Gasteiger partial charge in [0.1, 0.15) is 29.6 Å². The smallest absolute Gasteiger partial charge is 0.296 e. The molecule has 1 aromatic heterocycles. The number of benzene rings is 3. The number of aliphatic hydroxyl groups excluding tert-OH is 1. The fraction of sp³-hybridized carbons (Fsp3) is 0.133. The molecule has 1 saturated heterocycles. The maximum absolute atomic E-state index is 13.3. The molecule has 0 radical (unpaired) electrons. The van der Waals surface area contributed by atoms with Crippen LogP contribution < -0.4 is 9.47 Å². The van der Waals surface area contributed by atoms with Gasteiger partial charge in [0.15, 0.2) is 0 Å². The van der Waals surface area contributed by atoms with Crippen molar-refractivity contribution in [3.8, 4) is 11.5 Å². The normalized spacial score (nSPS) is 16.6. The molecule has 8 heteroatoms. The van der Waals surface area contributed by atoms with Gasteiger partial charge in [0.2, 0.25) is 0 Å². The largest absolute Gasteiger partial charge is 0.507 e. The van der Waals surface area contributed by atoms with Crippen LogP contribution in [0.3, 0.4) is 0 Å². The van der Waals surface area contributed by atoms with Gasteiger partial charge in [-0.15, -0.1) is 0 Å². The van der Waals surface area contributed by atoms with Crippen LogP contribution in [-0.2, 0) is 22.7 Å². The highest BCUT2D eigenvalue weighted by Gasteiger charge is 2.46. The van der Waals surface area contributed by atoms with E-state index in [0.717, 1.165) is 5.56 Å². The first-order chi connectivity index (χ1) is 18.5. The van der Waals surface area contributed by atoms with E-state index in [4.69, 9.17) is 13.9 Å². The van der Waals surface area contributed by atoms with Gasteiger partial charge in [-0.05, 0) is 69.5 Å². The number of nitrogens with zero attached hydrogens (tertiary/aromatic N) is 1. The maximum Gasteiger partial charge on any atom is 0.296 e. The minimum atomic E-state index is -0.860. The third-order valence-electron chi connectivity index (χ3n) is 6.29. The zero-order chi connectivity index (χ0) is 26.6. The van der Waals surface area contributed by atoms with Gasteiger partial charge < -0.3 is 23.9 Å². The highest BCUT2D eigenvalue weighted by Crippen LogP contribution is 2.42. The van der Waals surface area contributed by atoms with Crippen molar-refractivity contribution in [2.24, 2.45) is 0 Å². The number of aliphatic hydroxyl groups is 1. The summed E-state index contributed by atoms with van der Waals surface area (Å²) in [6.07, 6.45) is 1.51. The highest BCUT2D eigenvalue weighted by molar-refractivity contribution is 9.10. The molecule has 1 amide bonds. The van der Waals surface area contributed by atoms with Crippen molar-refractivity contribution in [3.63, 3.8) is 0 Å². The topological polar surface area (TPSA) is 89.2 Å². The molecule has 1 aliphatic heterocycles. The predicted octanol–water partition coefficient (Wildman–Crippen LogP) is 6.25. The number of methoxy groups -OCH3 is 1. The predicted molar refractivity (Wildman–Crippen MR) is 144 cm³/mol. The molecule has 2 heterocycles. The molecular weight excluding hydrogens is 550 g/mol. The summed E-state index contributed by atoms with van der Waals surface area (Å²) in [5.74, 6) is -0.130. The van der Waals surface area contributed by atoms with Crippen LogP contribution in [0, 0.1) is 0 Å². The van der Waals surface area contributed by atoms with E-state index in [-0.39, 0.29) is 17.9 Å². The van der Waals surface area contributed by atoms with E-state index in [1.54, 1.807) is 48.5 Å². The number of carbonyl (C=O) groups excluding carboxylic acids is 2. The number of hydrogen-bond acceptors (Lipinski definition) is 6. The number of furan rings is 1. The Bertz CT molecular complexity index is 1500. The number of ketones is 1. The Morgan fingerprint density at radius 3 is 2.53 bits per heavy atom. The highest BCUT2D eigenvalue weighted by atomic mass is 79.9. The number of halogens is 1. The third kappa shape index (κ3) is 5.08. The Hall–Kier alpha value is -4.30. The Morgan fingerprint density at radius 1 is 1.00 bits per heavy atom. The lowest BCUT2D eigenvalue weighted by atomic mass is 9.95. The molecule has 0 spiro atoms. The molecule has 1 N–H and O–H groups in total. The van der Waals surface area contributed by atoms with E-state index in [9.17, 15) is 14.7 Å². The molecule has 1 unspecified atom stereocenters. The monoisotopic (exact) mass is 573 g/mol. The fourth-order valence-corrected chi connectivity index (χ4v) is 4.99. The van der Waals surface area contributed by atoms with Crippen LogP contribution in [0.4, 0.5) is 0 Å². The first-order valence-corrected chi connectivity index (χ1v) is 12.7. The summed E-state index contributed by atoms with van der Waals surface area (Å²) in [4.78, 5) is 28.0. The van der Waals surface area contributed by atoms with Gasteiger partial charge in [-0.25, -0.2) is 0 Å². The molecule has 3 aromatic carbocycles. The quantitative estimate of drug-likeness (QED) is 0.152. The Balaban J connectivity index is 1.57.